The number of aryl methyl sites for hydroxylation is 1. The van der Waals surface area contributed by atoms with Gasteiger partial charge >= 0.3 is 0 Å². The van der Waals surface area contributed by atoms with E-state index in [9.17, 15) is 0 Å². The molecule has 1 aliphatic rings. The lowest BCUT2D eigenvalue weighted by Gasteiger charge is -2.12. The highest BCUT2D eigenvalue weighted by atomic mass is 32.2. The molecule has 0 saturated heterocycles. The molecule has 1 aliphatic heterocycles. The van der Waals surface area contributed by atoms with E-state index in [1.54, 1.807) is 0 Å². The average molecular weight is 291 g/mol. The van der Waals surface area contributed by atoms with Crippen LogP contribution in [0.3, 0.4) is 0 Å². The highest BCUT2D eigenvalue weighted by Gasteiger charge is 2.17. The van der Waals surface area contributed by atoms with E-state index in [2.05, 4.69) is 83.4 Å². The van der Waals surface area contributed by atoms with Gasteiger partial charge in [0.05, 0.1) is 5.69 Å². The predicted octanol–water partition coefficient (Wildman–Crippen LogP) is 5.54. The monoisotopic (exact) mass is 291 g/mol. The summed E-state index contributed by atoms with van der Waals surface area (Å²) in [5, 5.41) is 6.00. The normalized spacial score (nSPS) is 15.2. The van der Waals surface area contributed by atoms with Crippen molar-refractivity contribution in [2.75, 3.05) is 0 Å². The molecule has 0 aliphatic carbocycles. The van der Waals surface area contributed by atoms with Crippen molar-refractivity contribution in [3.8, 4) is 11.3 Å². The Bertz CT molecular complexity index is 844. The molecule has 21 heavy (non-hydrogen) atoms. The van der Waals surface area contributed by atoms with Crippen molar-refractivity contribution >= 4 is 21.8 Å². The fourth-order valence-corrected chi connectivity index (χ4v) is 4.75. The maximum atomic E-state index is 3.65. The Morgan fingerprint density at radius 3 is 2.43 bits per heavy atom. The van der Waals surface area contributed by atoms with Gasteiger partial charge < -0.3 is 4.98 Å². The number of thiol groups is 1. The first kappa shape index (κ1) is 12.5. The Kier molecular flexibility index (Phi) is 2.97. The van der Waals surface area contributed by atoms with E-state index in [1.807, 2.05) is 0 Å². The largest absolute Gasteiger partial charge is 0.354 e. The first-order chi connectivity index (χ1) is 10.3. The topological polar surface area (TPSA) is 15.8 Å². The van der Waals surface area contributed by atoms with Crippen molar-refractivity contribution in [2.45, 2.75) is 11.8 Å². The SMILES string of the molecule is Cc1ccc2c([SH]3C=CC=C3)c(-c3ccccc3)[nH]c2c1. The fourth-order valence-electron chi connectivity index (χ4n) is 2.86. The summed E-state index contributed by atoms with van der Waals surface area (Å²) in [6.45, 7) is 2.14. The van der Waals surface area contributed by atoms with Crippen LogP contribution in [0.1, 0.15) is 5.56 Å². The van der Waals surface area contributed by atoms with Crippen LogP contribution in [0.4, 0.5) is 0 Å². The number of aromatic amines is 1. The molecule has 3 aromatic rings. The summed E-state index contributed by atoms with van der Waals surface area (Å²) < 4.78 is 0. The molecule has 4 rings (SSSR count). The van der Waals surface area contributed by atoms with Gasteiger partial charge in [0.1, 0.15) is 0 Å². The first-order valence-electron chi connectivity index (χ1n) is 7.14. The zero-order chi connectivity index (χ0) is 14.2. The summed E-state index contributed by atoms with van der Waals surface area (Å²) in [6.07, 6.45) is 4.32. The zero-order valence-corrected chi connectivity index (χ0v) is 12.8. The maximum absolute atomic E-state index is 3.65. The number of fused-ring (bicyclic) bond motifs is 1. The quantitative estimate of drug-likeness (QED) is 0.576. The van der Waals surface area contributed by atoms with Gasteiger partial charge in [-0.25, -0.2) is 0 Å². The Labute approximate surface area is 127 Å². The zero-order valence-electron chi connectivity index (χ0n) is 11.9. The van der Waals surface area contributed by atoms with Gasteiger partial charge in [-0.15, -0.1) is 0 Å². The van der Waals surface area contributed by atoms with Gasteiger partial charge in [0.2, 0.25) is 0 Å². The Morgan fingerprint density at radius 1 is 0.905 bits per heavy atom. The Hall–Kier alpha value is -2.19. The van der Waals surface area contributed by atoms with E-state index >= 15 is 0 Å². The minimum Gasteiger partial charge on any atom is -0.354 e. The molecule has 2 heteroatoms. The number of allylic oxidation sites excluding steroid dienone is 2. The van der Waals surface area contributed by atoms with Crippen LogP contribution in [0.2, 0.25) is 0 Å². The third-order valence-electron chi connectivity index (χ3n) is 3.85. The highest BCUT2D eigenvalue weighted by Crippen LogP contribution is 2.50. The van der Waals surface area contributed by atoms with Crippen LogP contribution < -0.4 is 0 Å². The lowest BCUT2D eigenvalue weighted by atomic mass is 10.1. The lowest BCUT2D eigenvalue weighted by Crippen LogP contribution is -1.81. The Balaban J connectivity index is 2.02. The van der Waals surface area contributed by atoms with Crippen molar-refractivity contribution in [3.63, 3.8) is 0 Å². The van der Waals surface area contributed by atoms with Crippen LogP contribution in [-0.4, -0.2) is 4.98 Å². The molecule has 0 bridgehead atoms. The van der Waals surface area contributed by atoms with Gasteiger partial charge in [-0.05, 0) is 34.9 Å². The molecule has 0 atom stereocenters. The van der Waals surface area contributed by atoms with E-state index in [0.29, 0.717) is 0 Å². The minimum atomic E-state index is -0.349. The third kappa shape index (κ3) is 2.12. The molecular weight excluding hydrogens is 274 g/mol. The van der Waals surface area contributed by atoms with Crippen molar-refractivity contribution in [1.82, 2.24) is 4.98 Å². The molecule has 0 spiro atoms. The van der Waals surface area contributed by atoms with E-state index in [1.165, 1.54) is 32.6 Å². The molecule has 0 unspecified atom stereocenters. The van der Waals surface area contributed by atoms with Crippen LogP contribution >= 0.6 is 10.9 Å². The summed E-state index contributed by atoms with van der Waals surface area (Å²) in [6, 6.07) is 17.3. The van der Waals surface area contributed by atoms with Crippen LogP contribution in [-0.2, 0) is 0 Å². The molecule has 2 aromatic carbocycles. The number of hydrogen-bond donors (Lipinski definition) is 2. The lowest BCUT2D eigenvalue weighted by molar-refractivity contribution is 1.39. The van der Waals surface area contributed by atoms with E-state index in [4.69, 9.17) is 0 Å². The molecule has 0 radical (unpaired) electrons. The summed E-state index contributed by atoms with van der Waals surface area (Å²) in [4.78, 5) is 5.09. The van der Waals surface area contributed by atoms with Crippen molar-refractivity contribution in [2.24, 2.45) is 0 Å². The van der Waals surface area contributed by atoms with Gasteiger partial charge in [0.25, 0.3) is 0 Å². The second kappa shape index (κ2) is 4.97. The first-order valence-corrected chi connectivity index (χ1v) is 8.62. The molecule has 2 heterocycles. The highest BCUT2D eigenvalue weighted by molar-refractivity contribution is 8.22. The van der Waals surface area contributed by atoms with Crippen LogP contribution in [0.25, 0.3) is 22.2 Å². The molecule has 0 saturated carbocycles. The molecular formula is C19H17NS. The minimum absolute atomic E-state index is 0.349. The number of rotatable bonds is 2. The summed E-state index contributed by atoms with van der Waals surface area (Å²) in [5.74, 6) is 0. The third-order valence-corrected chi connectivity index (χ3v) is 5.82. The second-order valence-corrected chi connectivity index (χ2v) is 7.21. The van der Waals surface area contributed by atoms with Crippen molar-refractivity contribution < 1.29 is 0 Å². The second-order valence-electron chi connectivity index (χ2n) is 5.35. The number of benzene rings is 2. The fraction of sp³-hybridized carbons (Fsp3) is 0.0526. The number of hydrogen-bond acceptors (Lipinski definition) is 0. The maximum Gasteiger partial charge on any atom is 0.0591 e. The average Bonchev–Trinajstić information content (AvgIpc) is 3.14. The molecule has 0 amide bonds. The van der Waals surface area contributed by atoms with Gasteiger partial charge in [0.15, 0.2) is 0 Å². The van der Waals surface area contributed by atoms with Gasteiger partial charge in [-0.1, -0.05) is 54.6 Å². The standard InChI is InChI=1S/C19H17NS/c1-14-9-10-16-17(13-14)20-18(15-7-3-2-4-8-15)19(16)21-11-5-6-12-21/h2-13,20-21H,1H3. The summed E-state index contributed by atoms with van der Waals surface area (Å²) >= 11 is 0. The molecule has 0 fully saturated rings. The van der Waals surface area contributed by atoms with Crippen molar-refractivity contribution in [3.05, 3.63) is 77.1 Å². The molecule has 104 valence electrons. The number of nitrogens with one attached hydrogen (secondary N) is 1. The summed E-state index contributed by atoms with van der Waals surface area (Å²) in [7, 11) is -0.349. The molecule has 1 nitrogen and oxygen atoms in total. The van der Waals surface area contributed by atoms with Gasteiger partial charge in [0, 0.05) is 15.8 Å². The van der Waals surface area contributed by atoms with Gasteiger partial charge in [-0.2, -0.15) is 10.9 Å². The van der Waals surface area contributed by atoms with Crippen LogP contribution in [0.5, 0.6) is 0 Å². The van der Waals surface area contributed by atoms with E-state index in [-0.39, 0.29) is 10.9 Å². The van der Waals surface area contributed by atoms with E-state index in [0.717, 1.165) is 0 Å². The van der Waals surface area contributed by atoms with Crippen LogP contribution in [0.15, 0.2) is 76.4 Å². The number of H-pyrrole nitrogens is 1. The smallest absolute Gasteiger partial charge is 0.0591 e. The number of aromatic nitrogens is 1. The summed E-state index contributed by atoms with van der Waals surface area (Å²) in [5.41, 5.74) is 5.05. The molecule has 1 aromatic heterocycles. The van der Waals surface area contributed by atoms with Gasteiger partial charge in [-0.3, -0.25) is 0 Å². The van der Waals surface area contributed by atoms with Crippen molar-refractivity contribution in [1.29, 1.82) is 0 Å². The Morgan fingerprint density at radius 2 is 1.67 bits per heavy atom. The van der Waals surface area contributed by atoms with Crippen LogP contribution in [0, 0.1) is 6.92 Å². The molecule has 1 N–H and O–H groups in total. The predicted molar refractivity (Wildman–Crippen MR) is 94.0 cm³/mol. The van der Waals surface area contributed by atoms with E-state index < -0.39 is 0 Å².